The maximum Gasteiger partial charge on any atom is 0.193 e. The third kappa shape index (κ3) is 1.08. The summed E-state index contributed by atoms with van der Waals surface area (Å²) in [7, 11) is 0. The van der Waals surface area contributed by atoms with Crippen LogP contribution in [0.25, 0.3) is 10.8 Å². The number of benzene rings is 2. The van der Waals surface area contributed by atoms with E-state index >= 15 is 0 Å². The van der Waals surface area contributed by atoms with Gasteiger partial charge in [0.05, 0.1) is 4.47 Å². The third-order valence-electron chi connectivity index (χ3n) is 1.83. The zero-order valence-electron chi connectivity index (χ0n) is 6.25. The van der Waals surface area contributed by atoms with Crippen LogP contribution in [-0.4, -0.2) is 0 Å². The molecule has 0 unspecified atom stereocenters. The van der Waals surface area contributed by atoms with Gasteiger partial charge < -0.3 is 0 Å². The molecular weight excluding hydrogens is 216 g/mol. The van der Waals surface area contributed by atoms with Crippen molar-refractivity contribution in [3.05, 3.63) is 40.9 Å². The van der Waals surface area contributed by atoms with Gasteiger partial charge in [-0.05, 0) is 32.8 Å². The van der Waals surface area contributed by atoms with Gasteiger partial charge in [0.2, 0.25) is 0 Å². The van der Waals surface area contributed by atoms with Gasteiger partial charge >= 0.3 is 0 Å². The van der Waals surface area contributed by atoms with E-state index in [-0.39, 0.29) is 5.75 Å². The summed E-state index contributed by atoms with van der Waals surface area (Å²) in [5.74, 6) is 0.0358. The Morgan fingerprint density at radius 3 is 2.58 bits per heavy atom. The summed E-state index contributed by atoms with van der Waals surface area (Å²) in [5, 5.41) is 13.2. The lowest BCUT2D eigenvalue weighted by molar-refractivity contribution is 0.353. The fourth-order valence-electron chi connectivity index (χ4n) is 1.21. The summed E-state index contributed by atoms with van der Waals surface area (Å²) in [5.41, 5.74) is 0. The van der Waals surface area contributed by atoms with Gasteiger partial charge in [-0.2, -0.15) is 0 Å². The highest BCUT2D eigenvalue weighted by Crippen LogP contribution is 2.32. The molecule has 0 heterocycles. The topological polar surface area (TPSA) is 19.9 Å². The van der Waals surface area contributed by atoms with Crippen LogP contribution in [0, 0.1) is 0 Å². The lowest BCUT2D eigenvalue weighted by Crippen LogP contribution is -1.73. The minimum absolute atomic E-state index is 0.0358. The average molecular weight is 222 g/mol. The van der Waals surface area contributed by atoms with Crippen molar-refractivity contribution in [3.63, 3.8) is 0 Å². The van der Waals surface area contributed by atoms with Gasteiger partial charge in [0.25, 0.3) is 0 Å². The van der Waals surface area contributed by atoms with Gasteiger partial charge in [-0.3, -0.25) is 5.11 Å². The minimum atomic E-state index is 0.0358. The molecule has 0 atom stereocenters. The summed E-state index contributed by atoms with van der Waals surface area (Å²) in [6, 6.07) is 11.2. The second kappa shape index (κ2) is 2.79. The summed E-state index contributed by atoms with van der Waals surface area (Å²) in [6.07, 6.45) is 0. The molecule has 0 aliphatic rings. The number of fused-ring (bicyclic) bond motifs is 1. The van der Waals surface area contributed by atoms with Crippen molar-refractivity contribution in [1.82, 2.24) is 0 Å². The third-order valence-corrected chi connectivity index (χ3v) is 2.65. The van der Waals surface area contributed by atoms with E-state index in [9.17, 15) is 5.11 Å². The molecule has 59 valence electrons. The SMILES string of the molecule is [O]c1ccc2ccccc2c1Br. The van der Waals surface area contributed by atoms with E-state index < -0.39 is 0 Å². The second-order valence-corrected chi connectivity index (χ2v) is 3.39. The first kappa shape index (κ1) is 7.62. The van der Waals surface area contributed by atoms with Crippen molar-refractivity contribution < 1.29 is 5.11 Å². The number of hydrogen-bond acceptors (Lipinski definition) is 0. The Morgan fingerprint density at radius 1 is 1.00 bits per heavy atom. The van der Waals surface area contributed by atoms with E-state index in [1.165, 1.54) is 0 Å². The molecule has 2 aromatic carbocycles. The van der Waals surface area contributed by atoms with E-state index in [0.29, 0.717) is 4.47 Å². The van der Waals surface area contributed by atoms with Crippen molar-refractivity contribution in [1.29, 1.82) is 0 Å². The molecule has 0 aliphatic carbocycles. The number of hydrogen-bond donors (Lipinski definition) is 0. The molecule has 2 aromatic rings. The average Bonchev–Trinajstić information content (AvgIpc) is 2.12. The van der Waals surface area contributed by atoms with Crippen LogP contribution in [0.4, 0.5) is 0 Å². The van der Waals surface area contributed by atoms with Crippen LogP contribution in [0.1, 0.15) is 0 Å². The van der Waals surface area contributed by atoms with Gasteiger partial charge in [-0.25, -0.2) is 0 Å². The fourth-order valence-corrected chi connectivity index (χ4v) is 1.71. The van der Waals surface area contributed by atoms with Crippen LogP contribution in [0.3, 0.4) is 0 Å². The van der Waals surface area contributed by atoms with Gasteiger partial charge in [0, 0.05) is 0 Å². The molecule has 0 bridgehead atoms. The Kier molecular flexibility index (Phi) is 1.77. The predicted octanol–water partition coefficient (Wildman–Crippen LogP) is 3.75. The van der Waals surface area contributed by atoms with Crippen molar-refractivity contribution in [2.45, 2.75) is 0 Å². The van der Waals surface area contributed by atoms with Crippen molar-refractivity contribution >= 4 is 26.7 Å². The zero-order chi connectivity index (χ0) is 8.55. The minimum Gasteiger partial charge on any atom is -0.289 e. The van der Waals surface area contributed by atoms with E-state index in [1.54, 1.807) is 6.07 Å². The van der Waals surface area contributed by atoms with Crippen LogP contribution in [-0.2, 0) is 5.11 Å². The van der Waals surface area contributed by atoms with E-state index in [0.717, 1.165) is 10.8 Å². The highest BCUT2D eigenvalue weighted by Gasteiger charge is 2.03. The first-order valence-corrected chi connectivity index (χ1v) is 4.42. The van der Waals surface area contributed by atoms with Crippen LogP contribution in [0.15, 0.2) is 40.9 Å². The molecule has 1 radical (unpaired) electrons. The summed E-state index contributed by atoms with van der Waals surface area (Å²) >= 11 is 3.27. The largest absolute Gasteiger partial charge is 0.289 e. The van der Waals surface area contributed by atoms with Crippen LogP contribution in [0.2, 0.25) is 0 Å². The van der Waals surface area contributed by atoms with E-state index in [2.05, 4.69) is 15.9 Å². The molecule has 0 spiro atoms. The van der Waals surface area contributed by atoms with E-state index in [1.807, 2.05) is 30.3 Å². The molecule has 0 fully saturated rings. The summed E-state index contributed by atoms with van der Waals surface area (Å²) in [4.78, 5) is 0. The van der Waals surface area contributed by atoms with Crippen LogP contribution in [0.5, 0.6) is 5.75 Å². The van der Waals surface area contributed by atoms with E-state index in [4.69, 9.17) is 0 Å². The Labute approximate surface area is 78.8 Å². The molecule has 0 saturated carbocycles. The predicted molar refractivity (Wildman–Crippen MR) is 51.8 cm³/mol. The highest BCUT2D eigenvalue weighted by atomic mass is 79.9. The molecular formula is C10H6BrO. The second-order valence-electron chi connectivity index (χ2n) is 2.60. The van der Waals surface area contributed by atoms with Crippen LogP contribution >= 0.6 is 15.9 Å². The molecule has 2 heteroatoms. The zero-order valence-corrected chi connectivity index (χ0v) is 7.84. The van der Waals surface area contributed by atoms with Gasteiger partial charge in [-0.15, -0.1) is 0 Å². The monoisotopic (exact) mass is 221 g/mol. The Hall–Kier alpha value is -1.02. The Morgan fingerprint density at radius 2 is 1.75 bits per heavy atom. The lowest BCUT2D eigenvalue weighted by Gasteiger charge is -1.99. The van der Waals surface area contributed by atoms with Crippen molar-refractivity contribution in [2.24, 2.45) is 0 Å². The van der Waals surface area contributed by atoms with Gasteiger partial charge in [0.1, 0.15) is 0 Å². The number of rotatable bonds is 0. The summed E-state index contributed by atoms with van der Waals surface area (Å²) < 4.78 is 0.653. The molecule has 1 nitrogen and oxygen atoms in total. The molecule has 0 N–H and O–H groups in total. The maximum absolute atomic E-state index is 11.2. The molecule has 0 amide bonds. The highest BCUT2D eigenvalue weighted by molar-refractivity contribution is 9.10. The Bertz CT molecular complexity index is 423. The standard InChI is InChI=1S/C10H6BrO/c11-10-8-4-2-1-3-7(8)5-6-9(10)12/h1-6H. The quantitative estimate of drug-likeness (QED) is 0.646. The Balaban J connectivity index is 2.91. The fraction of sp³-hybridized carbons (Fsp3) is 0. The number of halogens is 1. The van der Waals surface area contributed by atoms with Crippen LogP contribution < -0.4 is 0 Å². The summed E-state index contributed by atoms with van der Waals surface area (Å²) in [6.45, 7) is 0. The lowest BCUT2D eigenvalue weighted by atomic mass is 10.1. The first-order chi connectivity index (χ1) is 5.79. The normalized spacial score (nSPS) is 10.4. The maximum atomic E-state index is 11.2. The van der Waals surface area contributed by atoms with Gasteiger partial charge in [0.15, 0.2) is 5.75 Å². The molecule has 2 rings (SSSR count). The van der Waals surface area contributed by atoms with Gasteiger partial charge in [-0.1, -0.05) is 30.3 Å². The molecule has 12 heavy (non-hydrogen) atoms. The molecule has 0 aliphatic heterocycles. The smallest absolute Gasteiger partial charge is 0.193 e. The van der Waals surface area contributed by atoms with Crippen molar-refractivity contribution in [2.75, 3.05) is 0 Å². The molecule has 0 aromatic heterocycles. The first-order valence-electron chi connectivity index (χ1n) is 3.63. The molecule has 0 saturated heterocycles. The van der Waals surface area contributed by atoms with Crippen molar-refractivity contribution in [3.8, 4) is 5.75 Å².